The van der Waals surface area contributed by atoms with Crippen LogP contribution in [0.2, 0.25) is 5.02 Å². The summed E-state index contributed by atoms with van der Waals surface area (Å²) in [7, 11) is 1.46. The molecule has 15 heavy (non-hydrogen) atoms. The van der Waals surface area contributed by atoms with E-state index in [-0.39, 0.29) is 11.4 Å². The smallest absolute Gasteiger partial charge is 0.254 e. The molecule has 1 nitrogen and oxygen atoms in total. The second kappa shape index (κ2) is 5.37. The Bertz CT molecular complexity index is 330. The fourth-order valence-electron chi connectivity index (χ4n) is 1.24. The Kier molecular flexibility index (Phi) is 4.42. The van der Waals surface area contributed by atoms with Crippen LogP contribution in [0.4, 0.5) is 13.2 Å². The fourth-order valence-corrected chi connectivity index (χ4v) is 1.44. The fraction of sp³-hybridized carbons (Fsp3) is 0.400. The maximum Gasteiger partial charge on any atom is 0.254 e. The highest BCUT2D eigenvalue weighted by molar-refractivity contribution is 6.30. The van der Waals surface area contributed by atoms with Gasteiger partial charge in [0.05, 0.1) is 11.1 Å². The van der Waals surface area contributed by atoms with E-state index < -0.39 is 18.3 Å². The number of hydrogen-bond donors (Lipinski definition) is 1. The number of rotatable bonds is 4. The molecule has 0 spiro atoms. The van der Waals surface area contributed by atoms with Crippen molar-refractivity contribution in [1.82, 2.24) is 5.32 Å². The molecule has 0 aliphatic heterocycles. The van der Waals surface area contributed by atoms with Crippen molar-refractivity contribution < 1.29 is 13.2 Å². The van der Waals surface area contributed by atoms with Gasteiger partial charge in [-0.3, -0.25) is 0 Å². The molecule has 1 unspecified atom stereocenters. The average molecular weight is 238 g/mol. The lowest BCUT2D eigenvalue weighted by Gasteiger charge is -2.15. The van der Waals surface area contributed by atoms with Crippen molar-refractivity contribution in [3.63, 3.8) is 0 Å². The van der Waals surface area contributed by atoms with E-state index in [0.29, 0.717) is 5.56 Å². The predicted octanol–water partition coefficient (Wildman–Crippen LogP) is 2.87. The normalized spacial score (nSPS) is 13.2. The largest absolute Gasteiger partial charge is 0.312 e. The van der Waals surface area contributed by atoms with Gasteiger partial charge >= 0.3 is 0 Å². The quantitative estimate of drug-likeness (QED) is 0.849. The highest BCUT2D eigenvalue weighted by atomic mass is 35.5. The van der Waals surface area contributed by atoms with Gasteiger partial charge in [-0.05, 0) is 31.2 Å². The lowest BCUT2D eigenvalue weighted by molar-refractivity contribution is 0.102. The molecule has 5 heteroatoms. The van der Waals surface area contributed by atoms with Gasteiger partial charge < -0.3 is 5.32 Å². The zero-order chi connectivity index (χ0) is 11.4. The molecule has 0 radical (unpaired) electrons. The van der Waals surface area contributed by atoms with Crippen LogP contribution in [0, 0.1) is 5.82 Å². The lowest BCUT2D eigenvalue weighted by Crippen LogP contribution is -2.34. The standard InChI is InChI=1S/C10H11ClF3N/c1-15-9(10(13)14)5-6-2-3-8(12)7(11)4-6/h2-4,9-10,15H,5H2,1H3. The zero-order valence-corrected chi connectivity index (χ0v) is 8.86. The Morgan fingerprint density at radius 1 is 1.40 bits per heavy atom. The molecule has 1 rings (SSSR count). The molecule has 0 bridgehead atoms. The van der Waals surface area contributed by atoms with E-state index in [1.807, 2.05) is 0 Å². The van der Waals surface area contributed by atoms with E-state index in [9.17, 15) is 13.2 Å². The maximum atomic E-state index is 12.8. The molecule has 0 aliphatic rings. The Morgan fingerprint density at radius 3 is 2.53 bits per heavy atom. The summed E-state index contributed by atoms with van der Waals surface area (Å²) in [5.41, 5.74) is 0.584. The number of likely N-dealkylation sites (N-methyl/N-ethyl adjacent to an activating group) is 1. The van der Waals surface area contributed by atoms with E-state index in [2.05, 4.69) is 5.32 Å². The molecule has 0 aromatic heterocycles. The minimum atomic E-state index is -2.46. The third-order valence-corrected chi connectivity index (χ3v) is 2.40. The first kappa shape index (κ1) is 12.3. The molecular formula is C10H11ClF3N. The van der Waals surface area contributed by atoms with Crippen LogP contribution in [0.25, 0.3) is 0 Å². The Labute approximate surface area is 91.2 Å². The van der Waals surface area contributed by atoms with Crippen molar-refractivity contribution in [2.75, 3.05) is 7.05 Å². The van der Waals surface area contributed by atoms with Crippen molar-refractivity contribution in [2.24, 2.45) is 0 Å². The summed E-state index contributed by atoms with van der Waals surface area (Å²) in [6.45, 7) is 0. The predicted molar refractivity (Wildman–Crippen MR) is 54.0 cm³/mol. The molecule has 0 heterocycles. The van der Waals surface area contributed by atoms with Crippen LogP contribution < -0.4 is 5.32 Å². The van der Waals surface area contributed by atoms with Crippen LogP contribution in [-0.2, 0) is 6.42 Å². The number of halogens is 4. The first-order chi connectivity index (χ1) is 7.04. The van der Waals surface area contributed by atoms with Gasteiger partial charge in [-0.15, -0.1) is 0 Å². The van der Waals surface area contributed by atoms with Gasteiger partial charge in [0.25, 0.3) is 6.43 Å². The SMILES string of the molecule is CNC(Cc1ccc(F)c(Cl)c1)C(F)F. The van der Waals surface area contributed by atoms with Gasteiger partial charge in [-0.25, -0.2) is 13.2 Å². The molecule has 0 fully saturated rings. The highest BCUT2D eigenvalue weighted by Crippen LogP contribution is 2.18. The summed E-state index contributed by atoms with van der Waals surface area (Å²) in [6.07, 6.45) is -2.34. The van der Waals surface area contributed by atoms with E-state index in [1.165, 1.54) is 25.2 Å². The number of benzene rings is 1. The van der Waals surface area contributed by atoms with Gasteiger partial charge in [0, 0.05) is 0 Å². The molecule has 1 aromatic carbocycles. The van der Waals surface area contributed by atoms with Crippen LogP contribution in [-0.4, -0.2) is 19.5 Å². The van der Waals surface area contributed by atoms with Crippen molar-refractivity contribution >= 4 is 11.6 Å². The summed E-state index contributed by atoms with van der Waals surface area (Å²) < 4.78 is 37.6. The van der Waals surface area contributed by atoms with Gasteiger partial charge in [0.15, 0.2) is 0 Å². The average Bonchev–Trinajstić information content (AvgIpc) is 2.19. The molecule has 1 atom stereocenters. The molecule has 0 saturated carbocycles. The van der Waals surface area contributed by atoms with Gasteiger partial charge in [0.2, 0.25) is 0 Å². The summed E-state index contributed by atoms with van der Waals surface area (Å²) in [6, 6.07) is 3.06. The van der Waals surface area contributed by atoms with Crippen molar-refractivity contribution in [1.29, 1.82) is 0 Å². The highest BCUT2D eigenvalue weighted by Gasteiger charge is 2.18. The zero-order valence-electron chi connectivity index (χ0n) is 8.11. The minimum absolute atomic E-state index is 0.0448. The molecule has 1 aromatic rings. The van der Waals surface area contributed by atoms with E-state index in [1.54, 1.807) is 0 Å². The summed E-state index contributed by atoms with van der Waals surface area (Å²) >= 11 is 5.54. The van der Waals surface area contributed by atoms with E-state index >= 15 is 0 Å². The number of hydrogen-bond acceptors (Lipinski definition) is 1. The molecule has 0 saturated heterocycles. The summed E-state index contributed by atoms with van der Waals surface area (Å²) in [4.78, 5) is 0. The van der Waals surface area contributed by atoms with Crippen LogP contribution in [0.1, 0.15) is 5.56 Å². The van der Waals surface area contributed by atoms with Crippen LogP contribution in [0.3, 0.4) is 0 Å². The second-order valence-electron chi connectivity index (χ2n) is 3.18. The topological polar surface area (TPSA) is 12.0 Å². The number of alkyl halides is 2. The third-order valence-electron chi connectivity index (χ3n) is 2.11. The minimum Gasteiger partial charge on any atom is -0.312 e. The molecule has 84 valence electrons. The van der Waals surface area contributed by atoms with E-state index in [0.717, 1.165) is 0 Å². The first-order valence-electron chi connectivity index (χ1n) is 4.44. The Balaban J connectivity index is 2.75. The Hall–Kier alpha value is -0.740. The summed E-state index contributed by atoms with van der Waals surface area (Å²) in [5, 5.41) is 2.45. The third kappa shape index (κ3) is 3.39. The van der Waals surface area contributed by atoms with Gasteiger partial charge in [-0.2, -0.15) is 0 Å². The van der Waals surface area contributed by atoms with Gasteiger partial charge in [-0.1, -0.05) is 17.7 Å². The van der Waals surface area contributed by atoms with E-state index in [4.69, 9.17) is 11.6 Å². The van der Waals surface area contributed by atoms with Crippen molar-refractivity contribution in [3.05, 3.63) is 34.6 Å². The van der Waals surface area contributed by atoms with Crippen LogP contribution in [0.5, 0.6) is 0 Å². The van der Waals surface area contributed by atoms with Gasteiger partial charge in [0.1, 0.15) is 5.82 Å². The summed E-state index contributed by atoms with van der Waals surface area (Å²) in [5.74, 6) is -0.543. The maximum absolute atomic E-state index is 12.8. The van der Waals surface area contributed by atoms with Crippen LogP contribution in [0.15, 0.2) is 18.2 Å². The Morgan fingerprint density at radius 2 is 2.07 bits per heavy atom. The van der Waals surface area contributed by atoms with Crippen molar-refractivity contribution in [2.45, 2.75) is 18.9 Å². The number of nitrogens with one attached hydrogen (secondary N) is 1. The van der Waals surface area contributed by atoms with Crippen LogP contribution >= 0.6 is 11.6 Å². The lowest BCUT2D eigenvalue weighted by atomic mass is 10.1. The molecule has 1 N–H and O–H groups in total. The van der Waals surface area contributed by atoms with Crippen molar-refractivity contribution in [3.8, 4) is 0 Å². The molecule has 0 aliphatic carbocycles. The first-order valence-corrected chi connectivity index (χ1v) is 4.81. The monoisotopic (exact) mass is 237 g/mol. The second-order valence-corrected chi connectivity index (χ2v) is 3.59. The molecule has 0 amide bonds. The molecular weight excluding hydrogens is 227 g/mol.